The zero-order valence-electron chi connectivity index (χ0n) is 19.5. The Hall–Kier alpha value is -3.27. The Labute approximate surface area is 228 Å². The molecular formula is C31H21N2OY-. The van der Waals surface area contributed by atoms with Crippen molar-refractivity contribution in [3.05, 3.63) is 109 Å². The third-order valence-corrected chi connectivity index (χ3v) is 6.81. The van der Waals surface area contributed by atoms with Crippen molar-refractivity contribution in [3.8, 4) is 17.1 Å². The fraction of sp³-hybridized carbons (Fsp3) is 0.0645. The van der Waals surface area contributed by atoms with Gasteiger partial charge in [0.1, 0.15) is 11.2 Å². The number of rotatable bonds is 2. The molecule has 0 spiro atoms. The van der Waals surface area contributed by atoms with Crippen LogP contribution in [0.5, 0.6) is 0 Å². The van der Waals surface area contributed by atoms with Crippen LogP contribution in [0.3, 0.4) is 0 Å². The Balaban J connectivity index is 0.00000229. The van der Waals surface area contributed by atoms with Gasteiger partial charge in [0.25, 0.3) is 0 Å². The summed E-state index contributed by atoms with van der Waals surface area (Å²) in [7, 11) is 2.05. The Morgan fingerprint density at radius 3 is 2.37 bits per heavy atom. The van der Waals surface area contributed by atoms with Gasteiger partial charge in [-0.3, -0.25) is 4.57 Å². The minimum atomic E-state index is 0. The molecule has 0 saturated heterocycles. The average molecular weight is 526 g/mol. The van der Waals surface area contributed by atoms with E-state index in [1.807, 2.05) is 30.5 Å². The molecule has 0 amide bonds. The predicted molar refractivity (Wildman–Crippen MR) is 137 cm³/mol. The van der Waals surface area contributed by atoms with E-state index >= 15 is 0 Å². The second-order valence-electron chi connectivity index (χ2n) is 8.84. The Morgan fingerprint density at radius 1 is 0.771 bits per heavy atom. The topological polar surface area (TPSA) is 21.9 Å². The molecule has 0 N–H and O–H groups in total. The molecule has 2 aromatic heterocycles. The van der Waals surface area contributed by atoms with Crippen molar-refractivity contribution >= 4 is 43.5 Å². The van der Waals surface area contributed by atoms with E-state index < -0.39 is 0 Å². The minimum absolute atomic E-state index is 0. The number of hydrogen-bond donors (Lipinski definition) is 0. The van der Waals surface area contributed by atoms with Gasteiger partial charge in [-0.05, 0) is 34.7 Å². The zero-order valence-corrected chi connectivity index (χ0v) is 22.4. The van der Waals surface area contributed by atoms with Crippen molar-refractivity contribution in [2.75, 3.05) is 0 Å². The Bertz CT molecular complexity index is 1880. The van der Waals surface area contributed by atoms with Crippen LogP contribution in [0.2, 0.25) is 0 Å². The summed E-state index contributed by atoms with van der Waals surface area (Å²) in [6, 6.07) is 33.0. The molecule has 0 fully saturated rings. The van der Waals surface area contributed by atoms with E-state index in [0.717, 1.165) is 50.0 Å². The monoisotopic (exact) mass is 526 g/mol. The van der Waals surface area contributed by atoms with Gasteiger partial charge in [-0.15, -0.1) is 0 Å². The zero-order chi connectivity index (χ0) is 22.8. The molecule has 7 aromatic rings. The standard InChI is InChI=1S/C31H21N2O.Y/c1-20-12-16-25-26-17-15-22-14-13-21-8-6-7-11-24(21)28(22)30(26)34-29(25)27(20)31-32(2)18-19-33(31)23-9-4-3-5-10-23;/h3-9,11-18H,1-2H3;/q-1;. The van der Waals surface area contributed by atoms with Crippen molar-refractivity contribution in [1.82, 2.24) is 4.57 Å². The molecule has 165 valence electrons. The van der Waals surface area contributed by atoms with E-state index in [4.69, 9.17) is 4.42 Å². The van der Waals surface area contributed by atoms with Crippen molar-refractivity contribution < 1.29 is 41.7 Å². The van der Waals surface area contributed by atoms with Crippen LogP contribution in [0, 0.1) is 19.2 Å². The minimum Gasteiger partial charge on any atom is -0.456 e. The van der Waals surface area contributed by atoms with Gasteiger partial charge < -0.3 is 8.98 Å². The quantitative estimate of drug-likeness (QED) is 0.134. The molecule has 2 heterocycles. The first-order valence-corrected chi connectivity index (χ1v) is 11.4. The van der Waals surface area contributed by atoms with Crippen LogP contribution in [0.4, 0.5) is 0 Å². The third-order valence-electron chi connectivity index (χ3n) is 6.81. The number of benzene rings is 5. The number of aryl methyl sites for hydroxylation is 2. The second kappa shape index (κ2) is 8.44. The van der Waals surface area contributed by atoms with E-state index in [1.54, 1.807) is 0 Å². The van der Waals surface area contributed by atoms with E-state index in [1.165, 1.54) is 16.2 Å². The maximum Gasteiger partial charge on any atom is 0.188 e. The smallest absolute Gasteiger partial charge is 0.188 e. The molecule has 35 heavy (non-hydrogen) atoms. The van der Waals surface area contributed by atoms with E-state index in [0.29, 0.717) is 0 Å². The molecule has 4 heteroatoms. The molecule has 0 aliphatic heterocycles. The van der Waals surface area contributed by atoms with Crippen molar-refractivity contribution in [2.45, 2.75) is 6.92 Å². The number of para-hydroxylation sites is 1. The van der Waals surface area contributed by atoms with Crippen LogP contribution in [0.25, 0.3) is 60.6 Å². The molecule has 3 nitrogen and oxygen atoms in total. The number of aromatic nitrogens is 2. The Kier molecular flexibility index (Phi) is 5.36. The van der Waals surface area contributed by atoms with Crippen molar-refractivity contribution in [1.29, 1.82) is 0 Å². The maximum atomic E-state index is 6.80. The molecule has 7 rings (SSSR count). The molecule has 0 atom stereocenters. The van der Waals surface area contributed by atoms with Crippen LogP contribution in [0.15, 0.2) is 95.5 Å². The van der Waals surface area contributed by atoms with Gasteiger partial charge in [0.15, 0.2) is 5.82 Å². The number of hydrogen-bond acceptors (Lipinski definition) is 1. The van der Waals surface area contributed by atoms with Gasteiger partial charge in [0.05, 0.1) is 25.0 Å². The number of nitrogens with zero attached hydrogens (tertiary/aromatic N) is 2. The summed E-state index contributed by atoms with van der Waals surface area (Å²) in [6.07, 6.45) is 5.33. The number of fused-ring (bicyclic) bond motifs is 7. The molecule has 0 aliphatic rings. The number of imidazole rings is 1. The second-order valence-corrected chi connectivity index (χ2v) is 8.84. The SMILES string of the molecule is Cc1ccc2c(oc3c2ccc2ccc4ccccc4c23)c1-c1n(C)c[c-][n+]1-c1[c-]cccc1.[Y]. The summed E-state index contributed by atoms with van der Waals surface area (Å²) < 4.78 is 11.0. The average Bonchev–Trinajstić information content (AvgIpc) is 3.44. The van der Waals surface area contributed by atoms with Gasteiger partial charge in [-0.2, -0.15) is 24.3 Å². The molecule has 1 radical (unpaired) electrons. The first-order valence-electron chi connectivity index (χ1n) is 11.4. The molecule has 0 bridgehead atoms. The fourth-order valence-electron chi connectivity index (χ4n) is 5.18. The molecule has 0 unspecified atom stereocenters. The van der Waals surface area contributed by atoms with Gasteiger partial charge in [-0.1, -0.05) is 60.3 Å². The first kappa shape index (κ1) is 22.2. The van der Waals surface area contributed by atoms with E-state index in [2.05, 4.69) is 96.0 Å². The first-order chi connectivity index (χ1) is 16.7. The predicted octanol–water partition coefficient (Wildman–Crippen LogP) is 7.08. The summed E-state index contributed by atoms with van der Waals surface area (Å²) >= 11 is 0. The summed E-state index contributed by atoms with van der Waals surface area (Å²) in [4.78, 5) is 0. The van der Waals surface area contributed by atoms with Gasteiger partial charge in [-0.25, -0.2) is 6.07 Å². The van der Waals surface area contributed by atoms with Crippen LogP contribution in [-0.4, -0.2) is 4.57 Å². The van der Waals surface area contributed by atoms with E-state index in [-0.39, 0.29) is 32.7 Å². The van der Waals surface area contributed by atoms with Gasteiger partial charge in [0, 0.05) is 48.9 Å². The van der Waals surface area contributed by atoms with Crippen molar-refractivity contribution in [3.63, 3.8) is 0 Å². The summed E-state index contributed by atoms with van der Waals surface area (Å²) in [5, 5.41) is 7.03. The Morgan fingerprint density at radius 2 is 1.51 bits per heavy atom. The fourth-order valence-corrected chi connectivity index (χ4v) is 5.18. The largest absolute Gasteiger partial charge is 0.456 e. The molecule has 5 aromatic carbocycles. The summed E-state index contributed by atoms with van der Waals surface area (Å²) in [5.74, 6) is 1.01. The van der Waals surface area contributed by atoms with Gasteiger partial charge in [0.2, 0.25) is 0 Å². The maximum absolute atomic E-state index is 6.80. The van der Waals surface area contributed by atoms with E-state index in [9.17, 15) is 0 Å². The number of furan rings is 1. The molecular weight excluding hydrogens is 505 g/mol. The summed E-state index contributed by atoms with van der Waals surface area (Å²) in [5.41, 5.74) is 5.01. The van der Waals surface area contributed by atoms with Crippen LogP contribution in [0.1, 0.15) is 5.56 Å². The van der Waals surface area contributed by atoms with Crippen molar-refractivity contribution in [2.24, 2.45) is 7.05 Å². The summed E-state index contributed by atoms with van der Waals surface area (Å²) in [6.45, 7) is 2.14. The van der Waals surface area contributed by atoms with Crippen LogP contribution >= 0.6 is 0 Å². The molecule has 0 saturated carbocycles. The van der Waals surface area contributed by atoms with Gasteiger partial charge >= 0.3 is 0 Å². The normalized spacial score (nSPS) is 11.5. The third kappa shape index (κ3) is 3.30. The molecule has 0 aliphatic carbocycles. The van der Waals surface area contributed by atoms with Crippen LogP contribution in [-0.2, 0) is 39.8 Å². The van der Waals surface area contributed by atoms with Crippen LogP contribution < -0.4 is 4.57 Å².